The molecular weight excluding hydrogens is 460 g/mol. The summed E-state index contributed by atoms with van der Waals surface area (Å²) < 4.78 is 7.01. The topological polar surface area (TPSA) is 122 Å². The lowest BCUT2D eigenvalue weighted by Gasteiger charge is -2.31. The molecule has 3 aromatic carbocycles. The highest BCUT2D eigenvalue weighted by molar-refractivity contribution is 5.87. The minimum absolute atomic E-state index is 0.0187. The first-order chi connectivity index (χ1) is 17.3. The molecule has 0 amide bonds. The molecule has 9 heteroatoms. The lowest BCUT2D eigenvalue weighted by Crippen LogP contribution is -2.33. The van der Waals surface area contributed by atoms with E-state index in [4.69, 9.17) is 4.42 Å². The van der Waals surface area contributed by atoms with Crippen molar-refractivity contribution in [1.82, 2.24) is 14.5 Å². The van der Waals surface area contributed by atoms with Gasteiger partial charge in [0.2, 0.25) is 11.7 Å². The predicted octanol–water partition coefficient (Wildman–Crippen LogP) is 4.22. The van der Waals surface area contributed by atoms with E-state index >= 15 is 0 Å². The average Bonchev–Trinajstić information content (AvgIpc) is 3.32. The summed E-state index contributed by atoms with van der Waals surface area (Å²) in [6.45, 7) is 0. The Labute approximate surface area is 205 Å². The Kier molecular flexibility index (Phi) is 5.73. The van der Waals surface area contributed by atoms with Gasteiger partial charge in [-0.25, -0.2) is 14.8 Å². The van der Waals surface area contributed by atoms with Gasteiger partial charge in [0.1, 0.15) is 5.52 Å². The first-order valence-corrected chi connectivity index (χ1v) is 11.1. The van der Waals surface area contributed by atoms with Crippen LogP contribution in [0.3, 0.4) is 0 Å². The zero-order chi connectivity index (χ0) is 25.4. The van der Waals surface area contributed by atoms with E-state index in [9.17, 15) is 19.8 Å². The molecule has 2 aromatic heterocycles. The Balaban J connectivity index is 1.69. The smallest absolute Gasteiger partial charge is 0.335 e. The quantitative estimate of drug-likeness (QED) is 0.369. The summed E-state index contributed by atoms with van der Waals surface area (Å²) in [7, 11) is 3.26. The Hall–Kier alpha value is -4.92. The molecule has 5 rings (SSSR count). The highest BCUT2D eigenvalue weighted by Crippen LogP contribution is 2.34. The molecule has 0 saturated carbocycles. The van der Waals surface area contributed by atoms with Gasteiger partial charge < -0.3 is 19.5 Å². The number of aromatic nitrogens is 3. The van der Waals surface area contributed by atoms with Crippen molar-refractivity contribution in [3.8, 4) is 17.3 Å². The Morgan fingerprint density at radius 3 is 2.39 bits per heavy atom. The molecule has 0 aliphatic carbocycles. The molecule has 9 nitrogen and oxygen atoms in total. The Bertz CT molecular complexity index is 1610. The molecule has 1 atom stereocenters. The van der Waals surface area contributed by atoms with Crippen LogP contribution in [-0.2, 0) is 7.05 Å². The number of aromatic carboxylic acids is 1. The van der Waals surface area contributed by atoms with Gasteiger partial charge in [-0.1, -0.05) is 54.6 Å². The molecular formula is C27H22N4O5. The van der Waals surface area contributed by atoms with Gasteiger partial charge in [0.05, 0.1) is 11.6 Å². The van der Waals surface area contributed by atoms with Crippen molar-refractivity contribution in [2.75, 3.05) is 11.9 Å². The van der Waals surface area contributed by atoms with Crippen LogP contribution < -0.4 is 10.5 Å². The standard InChI is InChI=1S/C27H22N4O5/c1-30(22(16-9-4-3-5-10-16)17-11-8-12-18(15-17)26(34)35)27-29-21(23(32)25(33)31(27)2)24-28-19-13-6-7-14-20(19)36-24/h3-15,22,32H,1-2H3,(H,34,35). The van der Waals surface area contributed by atoms with Crippen LogP contribution in [0, 0.1) is 0 Å². The zero-order valence-electron chi connectivity index (χ0n) is 19.5. The van der Waals surface area contributed by atoms with Crippen LogP contribution in [0.1, 0.15) is 27.5 Å². The molecule has 0 spiro atoms. The maximum absolute atomic E-state index is 13.0. The second-order valence-corrected chi connectivity index (χ2v) is 8.31. The molecule has 0 radical (unpaired) electrons. The van der Waals surface area contributed by atoms with Crippen LogP contribution in [0.4, 0.5) is 5.95 Å². The summed E-state index contributed by atoms with van der Waals surface area (Å²) in [4.78, 5) is 35.4. The largest absolute Gasteiger partial charge is 0.501 e. The normalized spacial score (nSPS) is 11.9. The highest BCUT2D eigenvalue weighted by atomic mass is 16.4. The van der Waals surface area contributed by atoms with Crippen molar-refractivity contribution < 1.29 is 19.4 Å². The molecule has 5 aromatic rings. The van der Waals surface area contributed by atoms with Gasteiger partial charge in [0, 0.05) is 14.1 Å². The van der Waals surface area contributed by atoms with Crippen molar-refractivity contribution in [3.05, 3.63) is 106 Å². The second-order valence-electron chi connectivity index (χ2n) is 8.31. The van der Waals surface area contributed by atoms with E-state index in [-0.39, 0.29) is 23.1 Å². The third-order valence-corrected chi connectivity index (χ3v) is 6.01. The van der Waals surface area contributed by atoms with Crippen molar-refractivity contribution in [2.45, 2.75) is 6.04 Å². The Morgan fingerprint density at radius 2 is 1.67 bits per heavy atom. The van der Waals surface area contributed by atoms with Gasteiger partial charge in [-0.3, -0.25) is 9.36 Å². The lowest BCUT2D eigenvalue weighted by atomic mass is 9.96. The van der Waals surface area contributed by atoms with Crippen molar-refractivity contribution >= 4 is 23.0 Å². The van der Waals surface area contributed by atoms with Crippen LogP contribution in [0.15, 0.2) is 88.1 Å². The minimum atomic E-state index is -1.04. The van der Waals surface area contributed by atoms with Crippen molar-refractivity contribution in [2.24, 2.45) is 7.05 Å². The first kappa shape index (κ1) is 22.9. The predicted molar refractivity (Wildman–Crippen MR) is 134 cm³/mol. The number of carboxylic acids is 1. The van der Waals surface area contributed by atoms with Crippen molar-refractivity contribution in [1.29, 1.82) is 0 Å². The van der Waals surface area contributed by atoms with Gasteiger partial charge in [-0.05, 0) is 35.4 Å². The monoisotopic (exact) mass is 482 g/mol. The SMILES string of the molecule is CN(c1nc(-c2nc3ccccc3o2)c(O)c(=O)n1C)C(c1ccccc1)c1cccc(C(=O)O)c1. The number of fused-ring (bicyclic) bond motifs is 1. The maximum Gasteiger partial charge on any atom is 0.335 e. The van der Waals surface area contributed by atoms with Crippen LogP contribution in [-0.4, -0.2) is 37.8 Å². The van der Waals surface area contributed by atoms with Gasteiger partial charge in [-0.15, -0.1) is 0 Å². The summed E-state index contributed by atoms with van der Waals surface area (Å²) in [6, 6.07) is 22.7. The number of nitrogens with zero attached hydrogens (tertiary/aromatic N) is 4. The number of hydrogen-bond acceptors (Lipinski definition) is 7. The van der Waals surface area contributed by atoms with E-state index in [1.54, 1.807) is 48.3 Å². The number of benzene rings is 3. The number of rotatable bonds is 6. The third kappa shape index (κ3) is 3.96. The third-order valence-electron chi connectivity index (χ3n) is 6.01. The number of oxazole rings is 1. The average molecular weight is 482 g/mol. The molecule has 36 heavy (non-hydrogen) atoms. The van der Waals surface area contributed by atoms with Gasteiger partial charge in [-0.2, -0.15) is 0 Å². The molecule has 0 aliphatic heterocycles. The van der Waals surface area contributed by atoms with E-state index in [0.29, 0.717) is 16.7 Å². The number of carbonyl (C=O) groups is 1. The fourth-order valence-corrected chi connectivity index (χ4v) is 4.25. The molecule has 0 aliphatic rings. The summed E-state index contributed by atoms with van der Waals surface area (Å²) in [6.07, 6.45) is 0. The van der Waals surface area contributed by atoms with E-state index in [1.807, 2.05) is 36.4 Å². The van der Waals surface area contributed by atoms with E-state index in [2.05, 4.69) is 9.97 Å². The van der Waals surface area contributed by atoms with E-state index in [1.165, 1.54) is 17.7 Å². The molecule has 0 bridgehead atoms. The molecule has 0 saturated heterocycles. The Morgan fingerprint density at radius 1 is 0.972 bits per heavy atom. The number of carboxylic acid groups (broad SMARTS) is 1. The number of anilines is 1. The van der Waals surface area contributed by atoms with Crippen LogP contribution in [0.25, 0.3) is 22.7 Å². The fourth-order valence-electron chi connectivity index (χ4n) is 4.25. The number of hydrogen-bond donors (Lipinski definition) is 2. The molecule has 2 N–H and O–H groups in total. The first-order valence-electron chi connectivity index (χ1n) is 11.1. The van der Waals surface area contributed by atoms with Gasteiger partial charge in [0.15, 0.2) is 11.3 Å². The summed E-state index contributed by atoms with van der Waals surface area (Å²) in [5.41, 5.74) is 2.00. The number of aromatic hydroxyl groups is 1. The van der Waals surface area contributed by atoms with Crippen molar-refractivity contribution in [3.63, 3.8) is 0 Å². The van der Waals surface area contributed by atoms with Crippen LogP contribution in [0.5, 0.6) is 5.75 Å². The minimum Gasteiger partial charge on any atom is -0.501 e. The summed E-state index contributed by atoms with van der Waals surface area (Å²) in [5.74, 6) is -1.38. The summed E-state index contributed by atoms with van der Waals surface area (Å²) >= 11 is 0. The van der Waals surface area contributed by atoms with Crippen LogP contribution >= 0.6 is 0 Å². The van der Waals surface area contributed by atoms with Crippen LogP contribution in [0.2, 0.25) is 0 Å². The molecule has 2 heterocycles. The maximum atomic E-state index is 13.0. The summed E-state index contributed by atoms with van der Waals surface area (Å²) in [5, 5.41) is 20.2. The lowest BCUT2D eigenvalue weighted by molar-refractivity contribution is 0.0696. The fraction of sp³-hybridized carbons (Fsp3) is 0.111. The van der Waals surface area contributed by atoms with Gasteiger partial charge >= 0.3 is 5.97 Å². The zero-order valence-corrected chi connectivity index (χ0v) is 19.5. The van der Waals surface area contributed by atoms with E-state index < -0.39 is 23.3 Å². The van der Waals surface area contributed by atoms with E-state index in [0.717, 1.165) is 5.56 Å². The highest BCUT2D eigenvalue weighted by Gasteiger charge is 2.27. The molecule has 0 fully saturated rings. The van der Waals surface area contributed by atoms with Gasteiger partial charge in [0.25, 0.3) is 11.4 Å². The molecule has 1 unspecified atom stereocenters. The number of para-hydroxylation sites is 2. The molecule has 180 valence electrons. The second kappa shape index (κ2) is 9.03.